The summed E-state index contributed by atoms with van der Waals surface area (Å²) in [7, 11) is 0. The van der Waals surface area contributed by atoms with Gasteiger partial charge in [-0.2, -0.15) is 0 Å². The molecule has 2 N–H and O–H groups in total. The second-order valence-electron chi connectivity index (χ2n) is 5.60. The van der Waals surface area contributed by atoms with E-state index in [2.05, 4.69) is 33.0 Å². The predicted octanol–water partition coefficient (Wildman–Crippen LogP) is 1.93. The molecule has 0 spiro atoms. The SMILES string of the molecule is CC(C)NCC1(O)CCC(C)(C)C1. The molecule has 1 fully saturated rings. The fourth-order valence-corrected chi connectivity index (χ4v) is 2.18. The van der Waals surface area contributed by atoms with Gasteiger partial charge in [-0.1, -0.05) is 27.7 Å². The lowest BCUT2D eigenvalue weighted by atomic mass is 9.89. The van der Waals surface area contributed by atoms with Crippen LogP contribution in [0, 0.1) is 5.41 Å². The third-order valence-corrected chi connectivity index (χ3v) is 2.91. The van der Waals surface area contributed by atoms with Gasteiger partial charge in [0.1, 0.15) is 0 Å². The fraction of sp³-hybridized carbons (Fsp3) is 1.00. The summed E-state index contributed by atoms with van der Waals surface area (Å²) in [6.07, 6.45) is 3.02. The van der Waals surface area contributed by atoms with Crippen LogP contribution in [0.5, 0.6) is 0 Å². The predicted molar refractivity (Wildman–Crippen MR) is 55.7 cm³/mol. The first-order valence-corrected chi connectivity index (χ1v) is 5.29. The molecule has 1 saturated carbocycles. The third-order valence-electron chi connectivity index (χ3n) is 2.91. The Morgan fingerprint density at radius 2 is 1.92 bits per heavy atom. The first-order valence-electron chi connectivity index (χ1n) is 5.29. The van der Waals surface area contributed by atoms with Crippen molar-refractivity contribution in [2.24, 2.45) is 5.41 Å². The Bertz CT molecular complexity index is 177. The van der Waals surface area contributed by atoms with Gasteiger partial charge in [-0.15, -0.1) is 0 Å². The molecule has 0 heterocycles. The van der Waals surface area contributed by atoms with Gasteiger partial charge < -0.3 is 10.4 Å². The van der Waals surface area contributed by atoms with E-state index in [0.717, 1.165) is 25.8 Å². The van der Waals surface area contributed by atoms with Crippen molar-refractivity contribution in [1.82, 2.24) is 5.32 Å². The lowest BCUT2D eigenvalue weighted by Gasteiger charge is -2.26. The van der Waals surface area contributed by atoms with Crippen LogP contribution in [0.25, 0.3) is 0 Å². The lowest BCUT2D eigenvalue weighted by molar-refractivity contribution is 0.0359. The molecule has 2 nitrogen and oxygen atoms in total. The minimum atomic E-state index is -0.451. The van der Waals surface area contributed by atoms with Crippen molar-refractivity contribution in [1.29, 1.82) is 0 Å². The maximum Gasteiger partial charge on any atom is 0.0776 e. The smallest absolute Gasteiger partial charge is 0.0776 e. The summed E-state index contributed by atoms with van der Waals surface area (Å²) >= 11 is 0. The number of nitrogens with one attached hydrogen (secondary N) is 1. The quantitative estimate of drug-likeness (QED) is 0.704. The highest BCUT2D eigenvalue weighted by molar-refractivity contribution is 4.95. The Labute approximate surface area is 81.7 Å². The molecule has 1 aliphatic carbocycles. The van der Waals surface area contributed by atoms with Crippen molar-refractivity contribution < 1.29 is 5.11 Å². The third kappa shape index (κ3) is 3.28. The van der Waals surface area contributed by atoms with Crippen LogP contribution in [0.1, 0.15) is 47.0 Å². The van der Waals surface area contributed by atoms with Crippen LogP contribution < -0.4 is 5.32 Å². The molecule has 0 aromatic heterocycles. The van der Waals surface area contributed by atoms with E-state index in [0.29, 0.717) is 11.5 Å². The highest BCUT2D eigenvalue weighted by Gasteiger charge is 2.41. The standard InChI is InChI=1S/C11H23NO/c1-9(2)12-8-11(13)6-5-10(3,4)7-11/h9,12-13H,5-8H2,1-4H3. The van der Waals surface area contributed by atoms with Gasteiger partial charge in [-0.3, -0.25) is 0 Å². The summed E-state index contributed by atoms with van der Waals surface area (Å²) in [5.41, 5.74) is -0.124. The zero-order valence-corrected chi connectivity index (χ0v) is 9.35. The largest absolute Gasteiger partial charge is 0.389 e. The monoisotopic (exact) mass is 185 g/mol. The molecule has 0 bridgehead atoms. The van der Waals surface area contributed by atoms with Crippen LogP contribution in [0.2, 0.25) is 0 Å². The molecule has 1 rings (SSSR count). The van der Waals surface area contributed by atoms with Gasteiger partial charge in [0.25, 0.3) is 0 Å². The number of rotatable bonds is 3. The molecular formula is C11H23NO. The molecule has 1 aliphatic rings. The number of hydrogen-bond acceptors (Lipinski definition) is 2. The Hall–Kier alpha value is -0.0800. The second kappa shape index (κ2) is 3.58. The van der Waals surface area contributed by atoms with Gasteiger partial charge in [0.05, 0.1) is 5.60 Å². The van der Waals surface area contributed by atoms with Crippen molar-refractivity contribution in [3.8, 4) is 0 Å². The molecule has 2 heteroatoms. The zero-order valence-electron chi connectivity index (χ0n) is 9.35. The van der Waals surface area contributed by atoms with E-state index in [-0.39, 0.29) is 0 Å². The summed E-state index contributed by atoms with van der Waals surface area (Å²) in [4.78, 5) is 0. The average molecular weight is 185 g/mol. The molecule has 1 unspecified atom stereocenters. The number of hydrogen-bond donors (Lipinski definition) is 2. The van der Waals surface area contributed by atoms with E-state index in [4.69, 9.17) is 0 Å². The molecular weight excluding hydrogens is 162 g/mol. The van der Waals surface area contributed by atoms with E-state index in [9.17, 15) is 5.11 Å². The van der Waals surface area contributed by atoms with E-state index in [1.165, 1.54) is 0 Å². The maximum atomic E-state index is 10.2. The van der Waals surface area contributed by atoms with Gasteiger partial charge in [-0.05, 0) is 24.7 Å². The van der Waals surface area contributed by atoms with Crippen LogP contribution in [0.3, 0.4) is 0 Å². The summed E-state index contributed by atoms with van der Waals surface area (Å²) in [5.74, 6) is 0. The van der Waals surface area contributed by atoms with E-state index < -0.39 is 5.60 Å². The second-order valence-corrected chi connectivity index (χ2v) is 5.60. The normalized spacial score (nSPS) is 32.8. The summed E-state index contributed by atoms with van der Waals surface area (Å²) in [6.45, 7) is 9.45. The molecule has 13 heavy (non-hydrogen) atoms. The van der Waals surface area contributed by atoms with Crippen molar-refractivity contribution in [3.63, 3.8) is 0 Å². The zero-order chi connectivity index (χ0) is 10.1. The summed E-state index contributed by atoms with van der Waals surface area (Å²) in [5, 5.41) is 13.5. The van der Waals surface area contributed by atoms with Gasteiger partial charge in [0.15, 0.2) is 0 Å². The lowest BCUT2D eigenvalue weighted by Crippen LogP contribution is -2.41. The van der Waals surface area contributed by atoms with Crippen molar-refractivity contribution >= 4 is 0 Å². The molecule has 1 atom stereocenters. The molecule has 0 aromatic carbocycles. The van der Waals surface area contributed by atoms with Crippen LogP contribution in [-0.2, 0) is 0 Å². The van der Waals surface area contributed by atoms with Crippen molar-refractivity contribution in [3.05, 3.63) is 0 Å². The van der Waals surface area contributed by atoms with Crippen LogP contribution in [-0.4, -0.2) is 23.3 Å². The van der Waals surface area contributed by atoms with Crippen LogP contribution in [0.15, 0.2) is 0 Å². The summed E-state index contributed by atoms with van der Waals surface area (Å²) < 4.78 is 0. The Kier molecular flexibility index (Phi) is 3.03. The van der Waals surface area contributed by atoms with Gasteiger partial charge in [0.2, 0.25) is 0 Å². The minimum absolute atomic E-state index is 0.327. The highest BCUT2D eigenvalue weighted by atomic mass is 16.3. The summed E-state index contributed by atoms with van der Waals surface area (Å²) in [6, 6.07) is 0.465. The average Bonchev–Trinajstić information content (AvgIpc) is 2.23. The van der Waals surface area contributed by atoms with Gasteiger partial charge >= 0.3 is 0 Å². The Morgan fingerprint density at radius 3 is 2.31 bits per heavy atom. The Balaban J connectivity index is 2.41. The molecule has 78 valence electrons. The molecule has 0 saturated heterocycles. The van der Waals surface area contributed by atoms with Gasteiger partial charge in [0, 0.05) is 12.6 Å². The van der Waals surface area contributed by atoms with E-state index in [1.54, 1.807) is 0 Å². The van der Waals surface area contributed by atoms with E-state index in [1.807, 2.05) is 0 Å². The highest BCUT2D eigenvalue weighted by Crippen LogP contribution is 2.43. The maximum absolute atomic E-state index is 10.2. The molecule has 0 amide bonds. The topological polar surface area (TPSA) is 32.3 Å². The van der Waals surface area contributed by atoms with Crippen LogP contribution in [0.4, 0.5) is 0 Å². The molecule has 0 radical (unpaired) electrons. The van der Waals surface area contributed by atoms with E-state index >= 15 is 0 Å². The fourth-order valence-electron chi connectivity index (χ4n) is 2.18. The first kappa shape index (κ1) is 11.0. The molecule has 0 aromatic rings. The van der Waals surface area contributed by atoms with Crippen LogP contribution >= 0.6 is 0 Å². The minimum Gasteiger partial charge on any atom is -0.389 e. The van der Waals surface area contributed by atoms with Crippen molar-refractivity contribution in [2.45, 2.75) is 58.6 Å². The Morgan fingerprint density at radius 1 is 1.31 bits per heavy atom. The molecule has 0 aliphatic heterocycles. The van der Waals surface area contributed by atoms with Crippen molar-refractivity contribution in [2.75, 3.05) is 6.54 Å². The number of aliphatic hydroxyl groups is 1. The first-order chi connectivity index (χ1) is 5.83. The van der Waals surface area contributed by atoms with Gasteiger partial charge in [-0.25, -0.2) is 0 Å².